The lowest BCUT2D eigenvalue weighted by molar-refractivity contribution is -0.116. The van der Waals surface area contributed by atoms with Crippen LogP contribution in [0.4, 0.5) is 11.4 Å². The third-order valence-corrected chi connectivity index (χ3v) is 9.16. The molecule has 3 N–H and O–H groups in total. The number of anilines is 2. The van der Waals surface area contributed by atoms with E-state index in [4.69, 9.17) is 23.2 Å². The summed E-state index contributed by atoms with van der Waals surface area (Å²) in [6.07, 6.45) is 1.50. The average Bonchev–Trinajstić information content (AvgIpc) is 3.07. The van der Waals surface area contributed by atoms with Crippen molar-refractivity contribution < 1.29 is 14.4 Å². The summed E-state index contributed by atoms with van der Waals surface area (Å²) in [7, 11) is 0. The van der Waals surface area contributed by atoms with Gasteiger partial charge in [-0.3, -0.25) is 14.4 Å². The normalized spacial score (nSPS) is 11.8. The van der Waals surface area contributed by atoms with E-state index in [1.165, 1.54) is 17.8 Å². The van der Waals surface area contributed by atoms with Crippen LogP contribution in [0.3, 0.4) is 0 Å². The Kier molecular flexibility index (Phi) is 11.5. The molecule has 0 fully saturated rings. The first-order valence-electron chi connectivity index (χ1n) is 14.0. The number of hydrogen-bond acceptors (Lipinski definition) is 4. The predicted molar refractivity (Wildman–Crippen MR) is 196 cm³/mol. The molecule has 1 unspecified atom stereocenters. The highest BCUT2D eigenvalue weighted by molar-refractivity contribution is 14.1. The summed E-state index contributed by atoms with van der Waals surface area (Å²) in [6.45, 7) is 0. The van der Waals surface area contributed by atoms with Gasteiger partial charge in [0.05, 0.1) is 0 Å². The van der Waals surface area contributed by atoms with Crippen LogP contribution in [0.15, 0.2) is 138 Å². The van der Waals surface area contributed by atoms with Crippen LogP contribution in [0.1, 0.15) is 26.7 Å². The van der Waals surface area contributed by atoms with E-state index in [2.05, 4.69) is 38.5 Å². The van der Waals surface area contributed by atoms with Crippen LogP contribution < -0.4 is 16.0 Å². The van der Waals surface area contributed by atoms with Crippen molar-refractivity contribution in [1.82, 2.24) is 5.32 Å². The van der Waals surface area contributed by atoms with Crippen LogP contribution in [0, 0.1) is 3.57 Å². The number of carbonyl (C=O) groups excluding carboxylic acids is 3. The van der Waals surface area contributed by atoms with Crippen LogP contribution in [0.5, 0.6) is 0 Å². The van der Waals surface area contributed by atoms with E-state index < -0.39 is 17.1 Å². The molecule has 0 saturated carbocycles. The van der Waals surface area contributed by atoms with Crippen molar-refractivity contribution in [3.05, 3.63) is 163 Å². The average molecular weight is 778 g/mol. The quantitative estimate of drug-likeness (QED) is 0.0750. The van der Waals surface area contributed by atoms with Gasteiger partial charge < -0.3 is 16.0 Å². The topological polar surface area (TPSA) is 87.3 Å². The van der Waals surface area contributed by atoms with E-state index in [-0.39, 0.29) is 11.6 Å². The third-order valence-electron chi connectivity index (χ3n) is 6.61. The number of nitrogens with one attached hydrogen (secondary N) is 3. The molecule has 0 radical (unpaired) electrons. The van der Waals surface area contributed by atoms with E-state index in [0.717, 1.165) is 14.0 Å². The number of thioether (sulfide) groups is 1. The van der Waals surface area contributed by atoms with Gasteiger partial charge in [-0.2, -0.15) is 0 Å². The standard InChI is InChI=1S/C36H26Cl2IN3O3S/c37-26-12-11-25(31(38)22-26)21-32(42-34(43)24-9-5-2-6-10-24)35(44)40-29-17-19-30(20-18-29)46-33(23-7-3-1-4-8-23)36(45)41-28-15-13-27(39)14-16-28/h1-22,33H,(H,40,44)(H,41,45)(H,42,43)/b32-21-. The second kappa shape index (κ2) is 16.0. The fourth-order valence-corrected chi connectivity index (χ4v) is 6.16. The first-order valence-corrected chi connectivity index (χ1v) is 16.7. The summed E-state index contributed by atoms with van der Waals surface area (Å²) in [6, 6.07) is 37.8. The lowest BCUT2D eigenvalue weighted by Gasteiger charge is -2.17. The van der Waals surface area contributed by atoms with Crippen LogP contribution in [-0.4, -0.2) is 17.7 Å². The minimum atomic E-state index is -0.547. The van der Waals surface area contributed by atoms with Crippen molar-refractivity contribution in [1.29, 1.82) is 0 Å². The number of hydrogen-bond donors (Lipinski definition) is 3. The fraction of sp³-hybridized carbons (Fsp3) is 0.0278. The number of halogens is 3. The van der Waals surface area contributed by atoms with Gasteiger partial charge in [0.15, 0.2) is 0 Å². The lowest BCUT2D eigenvalue weighted by Crippen LogP contribution is -2.30. The van der Waals surface area contributed by atoms with E-state index >= 15 is 0 Å². The molecule has 10 heteroatoms. The van der Waals surface area contributed by atoms with Crippen molar-refractivity contribution in [2.24, 2.45) is 0 Å². The maximum Gasteiger partial charge on any atom is 0.272 e. The highest BCUT2D eigenvalue weighted by Gasteiger charge is 2.23. The third kappa shape index (κ3) is 9.23. The fourth-order valence-electron chi connectivity index (χ4n) is 4.31. The summed E-state index contributed by atoms with van der Waals surface area (Å²) in [4.78, 5) is 40.7. The summed E-state index contributed by atoms with van der Waals surface area (Å²) in [5.74, 6) is -1.15. The molecular formula is C36H26Cl2IN3O3S. The van der Waals surface area contributed by atoms with Gasteiger partial charge in [-0.15, -0.1) is 11.8 Å². The van der Waals surface area contributed by atoms with Crippen LogP contribution in [0.2, 0.25) is 10.0 Å². The second-order valence-corrected chi connectivity index (χ2v) is 13.2. The number of carbonyl (C=O) groups is 3. The van der Waals surface area contributed by atoms with Gasteiger partial charge in [0.25, 0.3) is 11.8 Å². The molecule has 5 rings (SSSR count). The summed E-state index contributed by atoms with van der Waals surface area (Å²) in [5.41, 5.74) is 2.96. The molecule has 0 bridgehead atoms. The van der Waals surface area contributed by atoms with Crippen molar-refractivity contribution in [2.75, 3.05) is 10.6 Å². The van der Waals surface area contributed by atoms with E-state index in [9.17, 15) is 14.4 Å². The van der Waals surface area contributed by atoms with E-state index in [1.807, 2.05) is 66.7 Å². The van der Waals surface area contributed by atoms with Gasteiger partial charge in [-0.25, -0.2) is 0 Å². The maximum absolute atomic E-state index is 13.5. The minimum Gasteiger partial charge on any atom is -0.325 e. The lowest BCUT2D eigenvalue weighted by atomic mass is 10.1. The molecule has 230 valence electrons. The van der Waals surface area contributed by atoms with Crippen LogP contribution >= 0.6 is 57.6 Å². The zero-order valence-corrected chi connectivity index (χ0v) is 28.5. The maximum atomic E-state index is 13.5. The molecule has 0 aliphatic carbocycles. The largest absolute Gasteiger partial charge is 0.325 e. The van der Waals surface area contributed by atoms with Gasteiger partial charge in [-0.1, -0.05) is 77.8 Å². The highest BCUT2D eigenvalue weighted by Crippen LogP contribution is 2.37. The molecular weight excluding hydrogens is 752 g/mol. The number of rotatable bonds is 10. The van der Waals surface area contributed by atoms with Crippen molar-refractivity contribution in [2.45, 2.75) is 10.1 Å². The Balaban J connectivity index is 1.33. The molecule has 0 saturated heterocycles. The van der Waals surface area contributed by atoms with Gasteiger partial charge in [0.2, 0.25) is 5.91 Å². The van der Waals surface area contributed by atoms with Gasteiger partial charge >= 0.3 is 0 Å². The molecule has 0 spiro atoms. The Morgan fingerprint density at radius 2 is 1.33 bits per heavy atom. The van der Waals surface area contributed by atoms with E-state index in [1.54, 1.807) is 60.7 Å². The SMILES string of the molecule is O=C(Nc1ccc(SC(C(=O)Nc2ccc(I)cc2)c2ccccc2)cc1)/C(=C/c1ccc(Cl)cc1Cl)NC(=O)c1ccccc1. The summed E-state index contributed by atoms with van der Waals surface area (Å²) >= 11 is 16.0. The zero-order chi connectivity index (χ0) is 32.5. The minimum absolute atomic E-state index is 0.00654. The first-order chi connectivity index (χ1) is 22.2. The summed E-state index contributed by atoms with van der Waals surface area (Å²) in [5, 5.41) is 8.81. The Bertz CT molecular complexity index is 1870. The molecule has 5 aromatic rings. The molecule has 0 heterocycles. The van der Waals surface area contributed by atoms with Gasteiger partial charge in [-0.05, 0) is 113 Å². The molecule has 0 aliphatic rings. The molecule has 1 atom stereocenters. The molecule has 6 nitrogen and oxygen atoms in total. The monoisotopic (exact) mass is 777 g/mol. The van der Waals surface area contributed by atoms with E-state index in [0.29, 0.717) is 32.5 Å². The van der Waals surface area contributed by atoms with Crippen molar-refractivity contribution in [3.8, 4) is 0 Å². The van der Waals surface area contributed by atoms with Crippen molar-refractivity contribution >= 4 is 92.7 Å². The Morgan fingerprint density at radius 3 is 1.98 bits per heavy atom. The molecule has 0 aliphatic heterocycles. The van der Waals surface area contributed by atoms with Gasteiger partial charge in [0.1, 0.15) is 10.9 Å². The number of amides is 3. The molecule has 3 amide bonds. The smallest absolute Gasteiger partial charge is 0.272 e. The Hall–Kier alpha value is -4.09. The zero-order valence-electron chi connectivity index (χ0n) is 24.0. The molecule has 5 aromatic carbocycles. The molecule has 0 aromatic heterocycles. The van der Waals surface area contributed by atoms with Gasteiger partial charge in [0, 0.05) is 35.4 Å². The predicted octanol–water partition coefficient (Wildman–Crippen LogP) is 9.48. The molecule has 46 heavy (non-hydrogen) atoms. The van der Waals surface area contributed by atoms with Crippen LogP contribution in [-0.2, 0) is 9.59 Å². The Morgan fingerprint density at radius 1 is 0.717 bits per heavy atom. The summed E-state index contributed by atoms with van der Waals surface area (Å²) < 4.78 is 1.08. The second-order valence-electron chi connectivity index (χ2n) is 9.93. The first kappa shape index (κ1) is 33.3. The van der Waals surface area contributed by atoms with Crippen molar-refractivity contribution in [3.63, 3.8) is 0 Å². The number of benzene rings is 5. The Labute approximate surface area is 294 Å². The van der Waals surface area contributed by atoms with Crippen LogP contribution in [0.25, 0.3) is 6.08 Å². The highest BCUT2D eigenvalue weighted by atomic mass is 127.